The molecule has 0 aliphatic rings. The van der Waals surface area contributed by atoms with Crippen LogP contribution in [0.3, 0.4) is 0 Å². The predicted octanol–water partition coefficient (Wildman–Crippen LogP) is 1.23. The molecule has 0 unspecified atom stereocenters. The van der Waals surface area contributed by atoms with Crippen molar-refractivity contribution in [1.29, 1.82) is 0 Å². The zero-order chi connectivity index (χ0) is 15.2. The van der Waals surface area contributed by atoms with Crippen molar-refractivity contribution in [3.63, 3.8) is 0 Å². The van der Waals surface area contributed by atoms with E-state index in [1.165, 1.54) is 12.3 Å². The first-order chi connectivity index (χ1) is 10.1. The molecule has 22 heavy (non-hydrogen) atoms. The van der Waals surface area contributed by atoms with E-state index in [1.54, 1.807) is 6.07 Å². The Balaban J connectivity index is 0.00000242. The van der Waals surface area contributed by atoms with Gasteiger partial charge in [0.2, 0.25) is 5.96 Å². The number of nitrogens with two attached hydrogens (primary N) is 2. The van der Waals surface area contributed by atoms with Gasteiger partial charge in [-0.3, -0.25) is 4.98 Å². The van der Waals surface area contributed by atoms with Crippen LogP contribution >= 0.6 is 12.4 Å². The lowest BCUT2D eigenvalue weighted by Gasteiger charge is -2.05. The predicted molar refractivity (Wildman–Crippen MR) is 86.3 cm³/mol. The van der Waals surface area contributed by atoms with Crippen LogP contribution in [0.15, 0.2) is 58.9 Å². The topological polar surface area (TPSA) is 127 Å². The van der Waals surface area contributed by atoms with Crippen LogP contribution in [-0.4, -0.2) is 27.7 Å². The monoisotopic (exact) mass is 319 g/mol. The Morgan fingerprint density at radius 3 is 2.18 bits per heavy atom. The Labute approximate surface area is 132 Å². The standard InChI is InChI=1S/C14H13N5O2.ClH/c15-14(16)19-18-12(9-4-2-1-3-5-9)11-7-6-10(8-17-11)13(20)21;/h1-8H,(H,20,21)(H4,15,16,19);1H/b18-12-;. The lowest BCUT2D eigenvalue weighted by atomic mass is 10.1. The van der Waals surface area contributed by atoms with Crippen LogP contribution in [0.5, 0.6) is 0 Å². The second-order valence-electron chi connectivity index (χ2n) is 4.08. The number of aromatic nitrogens is 1. The lowest BCUT2D eigenvalue weighted by molar-refractivity contribution is 0.0696. The highest BCUT2D eigenvalue weighted by molar-refractivity contribution is 6.12. The number of halogens is 1. The summed E-state index contributed by atoms with van der Waals surface area (Å²) in [5, 5.41) is 16.5. The van der Waals surface area contributed by atoms with Gasteiger partial charge in [0, 0.05) is 11.8 Å². The molecule has 1 aromatic carbocycles. The Morgan fingerprint density at radius 1 is 1.00 bits per heavy atom. The first-order valence-electron chi connectivity index (χ1n) is 5.99. The van der Waals surface area contributed by atoms with Crippen molar-refractivity contribution in [2.45, 2.75) is 0 Å². The van der Waals surface area contributed by atoms with E-state index in [-0.39, 0.29) is 23.9 Å². The fraction of sp³-hybridized carbons (Fsp3) is 0. The maximum absolute atomic E-state index is 10.8. The van der Waals surface area contributed by atoms with E-state index in [9.17, 15) is 4.79 Å². The fourth-order valence-electron chi connectivity index (χ4n) is 1.62. The first-order valence-corrected chi connectivity index (χ1v) is 5.99. The smallest absolute Gasteiger partial charge is 0.337 e. The number of nitrogens with zero attached hydrogens (tertiary/aromatic N) is 3. The summed E-state index contributed by atoms with van der Waals surface area (Å²) in [6.07, 6.45) is 1.26. The molecule has 0 aliphatic heterocycles. The molecule has 0 amide bonds. The zero-order valence-electron chi connectivity index (χ0n) is 11.4. The van der Waals surface area contributed by atoms with Crippen molar-refractivity contribution in [3.8, 4) is 0 Å². The van der Waals surface area contributed by atoms with E-state index in [0.717, 1.165) is 5.56 Å². The van der Waals surface area contributed by atoms with Crippen LogP contribution < -0.4 is 11.5 Å². The molecule has 2 rings (SSSR count). The third kappa shape index (κ3) is 4.29. The van der Waals surface area contributed by atoms with Gasteiger partial charge in [-0.05, 0) is 12.1 Å². The van der Waals surface area contributed by atoms with Gasteiger partial charge >= 0.3 is 5.97 Å². The summed E-state index contributed by atoms with van der Waals surface area (Å²) < 4.78 is 0. The normalized spacial score (nSPS) is 10.5. The molecule has 8 heteroatoms. The minimum absolute atomic E-state index is 0. The van der Waals surface area contributed by atoms with Crippen LogP contribution in [0.2, 0.25) is 0 Å². The van der Waals surface area contributed by atoms with Gasteiger partial charge in [0.15, 0.2) is 0 Å². The number of benzene rings is 1. The van der Waals surface area contributed by atoms with Gasteiger partial charge in [0.25, 0.3) is 0 Å². The molecule has 0 bridgehead atoms. The highest BCUT2D eigenvalue weighted by Crippen LogP contribution is 2.10. The molecule has 0 atom stereocenters. The number of hydrogen-bond acceptors (Lipinski definition) is 4. The van der Waals surface area contributed by atoms with Gasteiger partial charge in [-0.1, -0.05) is 30.3 Å². The maximum Gasteiger partial charge on any atom is 0.337 e. The van der Waals surface area contributed by atoms with Crippen molar-refractivity contribution < 1.29 is 9.90 Å². The minimum atomic E-state index is -1.04. The Hall–Kier alpha value is -2.93. The molecular formula is C14H14ClN5O2. The largest absolute Gasteiger partial charge is 0.478 e. The van der Waals surface area contributed by atoms with Crippen LogP contribution in [0, 0.1) is 0 Å². The minimum Gasteiger partial charge on any atom is -0.478 e. The lowest BCUT2D eigenvalue weighted by Crippen LogP contribution is -2.22. The number of carboxylic acids is 1. The molecular weight excluding hydrogens is 306 g/mol. The van der Waals surface area contributed by atoms with Crippen molar-refractivity contribution in [1.82, 2.24) is 4.98 Å². The molecule has 0 aliphatic carbocycles. The van der Waals surface area contributed by atoms with E-state index >= 15 is 0 Å². The van der Waals surface area contributed by atoms with Gasteiger partial charge in [-0.25, -0.2) is 4.79 Å². The summed E-state index contributed by atoms with van der Waals surface area (Å²) in [5.41, 5.74) is 12.3. The summed E-state index contributed by atoms with van der Waals surface area (Å²) in [6, 6.07) is 12.2. The van der Waals surface area contributed by atoms with E-state index < -0.39 is 5.97 Å². The van der Waals surface area contributed by atoms with Gasteiger partial charge in [-0.2, -0.15) is 0 Å². The Kier molecular flexibility index (Phi) is 6.03. The molecule has 0 fully saturated rings. The number of aromatic carboxylic acids is 1. The molecule has 7 nitrogen and oxygen atoms in total. The van der Waals surface area contributed by atoms with Crippen molar-refractivity contribution in [3.05, 3.63) is 65.5 Å². The van der Waals surface area contributed by atoms with E-state index in [0.29, 0.717) is 11.4 Å². The zero-order valence-corrected chi connectivity index (χ0v) is 12.2. The van der Waals surface area contributed by atoms with Crippen LogP contribution in [0.4, 0.5) is 0 Å². The summed E-state index contributed by atoms with van der Waals surface area (Å²) in [4.78, 5) is 14.9. The highest BCUT2D eigenvalue weighted by Gasteiger charge is 2.10. The molecule has 5 N–H and O–H groups in total. The van der Waals surface area contributed by atoms with Gasteiger partial charge in [0.05, 0.1) is 11.3 Å². The number of pyridine rings is 1. The maximum atomic E-state index is 10.8. The first kappa shape index (κ1) is 17.1. The Bertz CT molecular complexity index is 695. The highest BCUT2D eigenvalue weighted by atomic mass is 35.5. The average Bonchev–Trinajstić information content (AvgIpc) is 2.49. The molecule has 2 aromatic rings. The van der Waals surface area contributed by atoms with Gasteiger partial charge < -0.3 is 16.6 Å². The average molecular weight is 320 g/mol. The second kappa shape index (κ2) is 7.75. The van der Waals surface area contributed by atoms with Gasteiger partial charge in [-0.15, -0.1) is 22.6 Å². The van der Waals surface area contributed by atoms with Crippen molar-refractivity contribution in [2.24, 2.45) is 21.7 Å². The number of hydrogen-bond donors (Lipinski definition) is 3. The SMILES string of the molecule is Cl.NC(N)=N/N=C(/c1ccccc1)c1ccc(C(=O)O)cn1. The third-order valence-corrected chi connectivity index (χ3v) is 2.57. The molecule has 0 spiro atoms. The van der Waals surface area contributed by atoms with E-state index in [1.807, 2.05) is 30.3 Å². The molecule has 1 aromatic heterocycles. The van der Waals surface area contributed by atoms with Crippen molar-refractivity contribution in [2.75, 3.05) is 0 Å². The number of carboxylic acid groups (broad SMARTS) is 1. The fourth-order valence-corrected chi connectivity index (χ4v) is 1.62. The summed E-state index contributed by atoms with van der Waals surface area (Å²) in [6.45, 7) is 0. The van der Waals surface area contributed by atoms with Gasteiger partial charge in [0.1, 0.15) is 5.71 Å². The van der Waals surface area contributed by atoms with Crippen molar-refractivity contribution >= 4 is 30.0 Å². The molecule has 114 valence electrons. The quantitative estimate of drug-likeness (QED) is 0.443. The molecule has 0 saturated heterocycles. The number of rotatable bonds is 4. The van der Waals surface area contributed by atoms with Crippen LogP contribution in [0.1, 0.15) is 21.6 Å². The van der Waals surface area contributed by atoms with Crippen LogP contribution in [-0.2, 0) is 0 Å². The van der Waals surface area contributed by atoms with Crippen LogP contribution in [0.25, 0.3) is 0 Å². The third-order valence-electron chi connectivity index (χ3n) is 2.57. The summed E-state index contributed by atoms with van der Waals surface area (Å²) >= 11 is 0. The number of guanidine groups is 1. The number of carbonyl (C=O) groups is 1. The summed E-state index contributed by atoms with van der Waals surface area (Å²) in [7, 11) is 0. The molecule has 1 heterocycles. The Morgan fingerprint density at radius 2 is 1.68 bits per heavy atom. The summed E-state index contributed by atoms with van der Waals surface area (Å²) in [5.74, 6) is -1.22. The second-order valence-corrected chi connectivity index (χ2v) is 4.08. The van der Waals surface area contributed by atoms with E-state index in [2.05, 4.69) is 15.2 Å². The molecule has 0 radical (unpaired) electrons. The molecule has 0 saturated carbocycles. The van der Waals surface area contributed by atoms with E-state index in [4.69, 9.17) is 16.6 Å².